The van der Waals surface area contributed by atoms with Crippen molar-refractivity contribution in [2.24, 2.45) is 0 Å². The summed E-state index contributed by atoms with van der Waals surface area (Å²) in [5.41, 5.74) is 2.08. The fraction of sp³-hybridized carbons (Fsp3) is 0. The number of halogens is 2. The maximum absolute atomic E-state index is 5.88. The van der Waals surface area contributed by atoms with E-state index in [-0.39, 0.29) is 14.7 Å². The van der Waals surface area contributed by atoms with Gasteiger partial charge in [0.25, 0.3) is 0 Å². The van der Waals surface area contributed by atoms with Gasteiger partial charge in [0.1, 0.15) is 0 Å². The second kappa shape index (κ2) is 5.48. The Kier molecular flexibility index (Phi) is 3.72. The van der Waals surface area contributed by atoms with Gasteiger partial charge < -0.3 is 0 Å². The molecule has 0 fully saturated rings. The zero-order chi connectivity index (χ0) is 13.2. The Labute approximate surface area is 127 Å². The number of aromatic nitrogens is 2. The van der Waals surface area contributed by atoms with E-state index in [1.165, 1.54) is 0 Å². The molecule has 5 heteroatoms. The Morgan fingerprint density at radius 1 is 0.737 bits per heavy atom. The predicted molar refractivity (Wildman–Crippen MR) is 79.9 cm³/mol. The molecule has 0 aliphatic heterocycles. The molecule has 2 aromatic carbocycles. The molecule has 0 aliphatic carbocycles. The Bertz CT molecular complexity index is 630. The van der Waals surface area contributed by atoms with E-state index in [1.807, 2.05) is 48.5 Å². The summed E-state index contributed by atoms with van der Waals surface area (Å²) in [4.78, 5) is 4.60. The SMILES string of the molecule is Clc1ccc(-c2n[se]c(-c3ccc(Cl)cc3)n2)cc1. The minimum atomic E-state index is 0.0167. The van der Waals surface area contributed by atoms with Crippen molar-refractivity contribution in [3.05, 3.63) is 58.6 Å². The Balaban J connectivity index is 1.95. The zero-order valence-electron chi connectivity index (χ0n) is 9.68. The van der Waals surface area contributed by atoms with E-state index in [1.54, 1.807) is 0 Å². The van der Waals surface area contributed by atoms with Gasteiger partial charge in [0, 0.05) is 0 Å². The van der Waals surface area contributed by atoms with Gasteiger partial charge >= 0.3 is 127 Å². The van der Waals surface area contributed by atoms with Gasteiger partial charge in [-0.05, 0) is 0 Å². The zero-order valence-corrected chi connectivity index (χ0v) is 12.9. The van der Waals surface area contributed by atoms with Crippen LogP contribution in [0.3, 0.4) is 0 Å². The van der Waals surface area contributed by atoms with Crippen LogP contribution in [0.25, 0.3) is 21.5 Å². The molecule has 0 saturated carbocycles. The van der Waals surface area contributed by atoms with E-state index in [2.05, 4.69) is 8.96 Å². The first-order valence-corrected chi connectivity index (χ1v) is 7.96. The molecule has 0 amide bonds. The third kappa shape index (κ3) is 2.90. The van der Waals surface area contributed by atoms with Crippen LogP contribution >= 0.6 is 23.2 Å². The van der Waals surface area contributed by atoms with Crippen LogP contribution in [-0.4, -0.2) is 23.7 Å². The first kappa shape index (κ1) is 12.9. The van der Waals surface area contributed by atoms with Gasteiger partial charge in [-0.15, -0.1) is 0 Å². The summed E-state index contributed by atoms with van der Waals surface area (Å²) in [5, 5.41) is 1.45. The fourth-order valence-electron chi connectivity index (χ4n) is 1.65. The molecule has 0 radical (unpaired) electrons. The van der Waals surface area contributed by atoms with Crippen LogP contribution in [0.15, 0.2) is 48.5 Å². The standard InChI is InChI=1S/C14H8Cl2N2Se/c15-11-5-1-9(2-6-11)13-17-14(19-18-13)10-3-7-12(16)8-4-10/h1-8H. The molecule has 0 spiro atoms. The topological polar surface area (TPSA) is 25.8 Å². The molecule has 0 saturated heterocycles. The summed E-state index contributed by atoms with van der Waals surface area (Å²) in [5.74, 6) is 0.779. The molecular formula is C14H8Cl2N2Se. The van der Waals surface area contributed by atoms with Crippen molar-refractivity contribution in [3.8, 4) is 21.5 Å². The summed E-state index contributed by atoms with van der Waals surface area (Å²) in [6, 6.07) is 15.3. The average Bonchev–Trinajstić information content (AvgIpc) is 2.90. The van der Waals surface area contributed by atoms with Gasteiger partial charge in [-0.25, -0.2) is 0 Å². The van der Waals surface area contributed by atoms with Crippen LogP contribution in [0.5, 0.6) is 0 Å². The monoisotopic (exact) mass is 354 g/mol. The quantitative estimate of drug-likeness (QED) is 0.646. The van der Waals surface area contributed by atoms with E-state index >= 15 is 0 Å². The Hall–Kier alpha value is -1.12. The van der Waals surface area contributed by atoms with E-state index in [0.29, 0.717) is 0 Å². The van der Waals surface area contributed by atoms with Crippen LogP contribution in [0.4, 0.5) is 0 Å². The van der Waals surface area contributed by atoms with Crippen LogP contribution in [-0.2, 0) is 0 Å². The van der Waals surface area contributed by atoms with Gasteiger partial charge in [-0.1, -0.05) is 0 Å². The molecule has 0 unspecified atom stereocenters. The summed E-state index contributed by atoms with van der Waals surface area (Å²) in [6.45, 7) is 0. The van der Waals surface area contributed by atoms with E-state index in [4.69, 9.17) is 23.2 Å². The molecule has 0 aliphatic rings. The first-order chi connectivity index (χ1) is 9.22. The third-order valence-corrected chi connectivity index (χ3v) is 4.73. The van der Waals surface area contributed by atoms with E-state index in [0.717, 1.165) is 31.6 Å². The number of hydrogen-bond acceptors (Lipinski definition) is 2. The van der Waals surface area contributed by atoms with Crippen molar-refractivity contribution in [2.45, 2.75) is 0 Å². The van der Waals surface area contributed by atoms with Crippen molar-refractivity contribution < 1.29 is 0 Å². The number of hydrogen-bond donors (Lipinski definition) is 0. The third-order valence-electron chi connectivity index (χ3n) is 2.62. The van der Waals surface area contributed by atoms with Crippen LogP contribution < -0.4 is 0 Å². The summed E-state index contributed by atoms with van der Waals surface area (Å²) < 4.78 is 5.54. The molecule has 1 heterocycles. The van der Waals surface area contributed by atoms with E-state index in [9.17, 15) is 0 Å². The van der Waals surface area contributed by atoms with Crippen LogP contribution in [0, 0.1) is 0 Å². The normalized spacial score (nSPS) is 10.6. The Morgan fingerprint density at radius 2 is 1.26 bits per heavy atom. The summed E-state index contributed by atoms with van der Waals surface area (Å²) in [7, 11) is 0. The molecule has 0 N–H and O–H groups in total. The van der Waals surface area contributed by atoms with Crippen LogP contribution in [0.1, 0.15) is 0 Å². The van der Waals surface area contributed by atoms with Crippen molar-refractivity contribution in [2.75, 3.05) is 0 Å². The molecule has 0 bridgehead atoms. The van der Waals surface area contributed by atoms with Crippen molar-refractivity contribution in [3.63, 3.8) is 0 Å². The second-order valence-electron chi connectivity index (χ2n) is 3.94. The molecule has 3 aromatic rings. The van der Waals surface area contributed by atoms with Crippen molar-refractivity contribution >= 4 is 37.9 Å². The van der Waals surface area contributed by atoms with Gasteiger partial charge in [0.2, 0.25) is 0 Å². The molecule has 94 valence electrons. The second-order valence-corrected chi connectivity index (χ2v) is 6.39. The summed E-state index contributed by atoms with van der Waals surface area (Å²) >= 11 is 11.8. The number of nitrogens with zero attached hydrogens (tertiary/aromatic N) is 2. The van der Waals surface area contributed by atoms with Crippen molar-refractivity contribution in [1.82, 2.24) is 8.96 Å². The Morgan fingerprint density at radius 3 is 1.84 bits per heavy atom. The molecule has 2 nitrogen and oxygen atoms in total. The van der Waals surface area contributed by atoms with Crippen molar-refractivity contribution in [1.29, 1.82) is 0 Å². The summed E-state index contributed by atoms with van der Waals surface area (Å²) in [6.07, 6.45) is 0. The first-order valence-electron chi connectivity index (χ1n) is 5.58. The number of benzene rings is 2. The molecule has 19 heavy (non-hydrogen) atoms. The molecule has 1 aromatic heterocycles. The van der Waals surface area contributed by atoms with Crippen LogP contribution in [0.2, 0.25) is 10.0 Å². The molecular weight excluding hydrogens is 346 g/mol. The molecule has 0 atom stereocenters. The number of rotatable bonds is 2. The van der Waals surface area contributed by atoms with Gasteiger partial charge in [0.05, 0.1) is 0 Å². The maximum atomic E-state index is 5.88. The van der Waals surface area contributed by atoms with Gasteiger partial charge in [-0.3, -0.25) is 0 Å². The van der Waals surface area contributed by atoms with Gasteiger partial charge in [-0.2, -0.15) is 0 Å². The predicted octanol–water partition coefficient (Wildman–Crippen LogP) is 4.17. The average molecular weight is 354 g/mol. The van der Waals surface area contributed by atoms with E-state index < -0.39 is 0 Å². The van der Waals surface area contributed by atoms with Gasteiger partial charge in [0.15, 0.2) is 0 Å². The minimum absolute atomic E-state index is 0.0167. The molecule has 3 rings (SSSR count). The fourth-order valence-corrected chi connectivity index (χ4v) is 3.34.